The van der Waals surface area contributed by atoms with Gasteiger partial charge in [-0.25, -0.2) is 0 Å². The van der Waals surface area contributed by atoms with E-state index in [1.807, 2.05) is 42.5 Å². The summed E-state index contributed by atoms with van der Waals surface area (Å²) in [5.74, 6) is 1.63. The van der Waals surface area contributed by atoms with E-state index in [4.69, 9.17) is 4.42 Å². The minimum Gasteiger partial charge on any atom is -0.441 e. The summed E-state index contributed by atoms with van der Waals surface area (Å²) in [6.45, 7) is 2.11. The molecule has 0 atom stereocenters. The number of benzene rings is 1. The molecule has 2 aromatic rings. The van der Waals surface area contributed by atoms with Crippen molar-refractivity contribution in [3.8, 4) is 6.07 Å². The van der Waals surface area contributed by atoms with Gasteiger partial charge >= 0.3 is 0 Å². The largest absolute Gasteiger partial charge is 0.441 e. The molecule has 2 heterocycles. The van der Waals surface area contributed by atoms with Crippen molar-refractivity contribution in [1.82, 2.24) is 0 Å². The Kier molecular flexibility index (Phi) is 3.56. The summed E-state index contributed by atoms with van der Waals surface area (Å²) in [6, 6.07) is 15.8. The van der Waals surface area contributed by atoms with Gasteiger partial charge in [0.2, 0.25) is 0 Å². The smallest absolute Gasteiger partial charge is 0.196 e. The highest BCUT2D eigenvalue weighted by molar-refractivity contribution is 5.88. The molecular weight excluding hydrogens is 248 g/mol. The Morgan fingerprint density at radius 2 is 1.85 bits per heavy atom. The lowest BCUT2D eigenvalue weighted by Crippen LogP contribution is -2.16. The third-order valence-corrected chi connectivity index (χ3v) is 3.52. The molecule has 1 aliphatic heterocycles. The van der Waals surface area contributed by atoms with E-state index in [0.717, 1.165) is 30.3 Å². The number of allylic oxidation sites excluding steroid dienone is 1. The molecular formula is C17H16N2O. The van der Waals surface area contributed by atoms with Gasteiger partial charge in [0.15, 0.2) is 5.88 Å². The fraction of sp³-hybridized carbons (Fsp3) is 0.235. The first-order chi connectivity index (χ1) is 9.86. The second kappa shape index (κ2) is 5.66. The van der Waals surface area contributed by atoms with Crippen LogP contribution in [0.15, 0.2) is 46.9 Å². The zero-order valence-corrected chi connectivity index (χ0v) is 11.2. The van der Waals surface area contributed by atoms with Crippen LogP contribution < -0.4 is 4.90 Å². The van der Waals surface area contributed by atoms with Gasteiger partial charge in [0.25, 0.3) is 0 Å². The van der Waals surface area contributed by atoms with Gasteiger partial charge in [-0.2, -0.15) is 5.26 Å². The van der Waals surface area contributed by atoms with E-state index in [9.17, 15) is 5.26 Å². The average Bonchev–Trinajstić information content (AvgIpc) is 3.16. The normalized spacial score (nSPS) is 15.3. The van der Waals surface area contributed by atoms with E-state index in [2.05, 4.69) is 11.0 Å². The molecule has 1 fully saturated rings. The first-order valence-corrected chi connectivity index (χ1v) is 6.89. The second-order valence-corrected chi connectivity index (χ2v) is 4.91. The molecule has 3 nitrogen and oxygen atoms in total. The van der Waals surface area contributed by atoms with Crippen LogP contribution in [0, 0.1) is 11.3 Å². The highest BCUT2D eigenvalue weighted by Crippen LogP contribution is 2.25. The summed E-state index contributed by atoms with van der Waals surface area (Å²) in [4.78, 5) is 2.24. The molecule has 100 valence electrons. The standard InChI is InChI=1S/C17H16N2O/c18-13-15(14-6-2-1-3-7-14)12-16-8-9-17(20-16)19-10-4-5-11-19/h1-3,6-9,12H,4-5,10-11H2/b15-12+. The van der Waals surface area contributed by atoms with Crippen LogP contribution in [-0.4, -0.2) is 13.1 Å². The van der Waals surface area contributed by atoms with E-state index < -0.39 is 0 Å². The van der Waals surface area contributed by atoms with Crippen LogP contribution in [-0.2, 0) is 0 Å². The molecule has 0 aliphatic carbocycles. The maximum Gasteiger partial charge on any atom is 0.196 e. The summed E-state index contributed by atoms with van der Waals surface area (Å²) in [6.07, 6.45) is 4.24. The second-order valence-electron chi connectivity index (χ2n) is 4.91. The molecule has 20 heavy (non-hydrogen) atoms. The molecule has 0 amide bonds. The predicted octanol–water partition coefficient (Wildman–Crippen LogP) is 3.94. The van der Waals surface area contributed by atoms with Crippen molar-refractivity contribution >= 4 is 17.5 Å². The lowest BCUT2D eigenvalue weighted by atomic mass is 10.1. The molecule has 0 saturated carbocycles. The highest BCUT2D eigenvalue weighted by atomic mass is 16.4. The number of hydrogen-bond acceptors (Lipinski definition) is 3. The Balaban J connectivity index is 1.85. The minimum atomic E-state index is 0.618. The van der Waals surface area contributed by atoms with Crippen molar-refractivity contribution in [2.45, 2.75) is 12.8 Å². The zero-order chi connectivity index (χ0) is 13.8. The number of rotatable bonds is 3. The number of nitriles is 1. The van der Waals surface area contributed by atoms with E-state index in [-0.39, 0.29) is 0 Å². The molecule has 0 N–H and O–H groups in total. The molecule has 1 aromatic carbocycles. The van der Waals surface area contributed by atoms with E-state index in [1.165, 1.54) is 12.8 Å². The Morgan fingerprint density at radius 3 is 2.55 bits per heavy atom. The third kappa shape index (κ3) is 2.60. The molecule has 3 rings (SSSR count). The fourth-order valence-corrected chi connectivity index (χ4v) is 2.47. The maximum absolute atomic E-state index is 9.29. The molecule has 1 aliphatic rings. The van der Waals surface area contributed by atoms with Gasteiger partial charge < -0.3 is 9.32 Å². The molecule has 0 unspecified atom stereocenters. The first kappa shape index (κ1) is 12.6. The Labute approximate surface area is 118 Å². The summed E-state index contributed by atoms with van der Waals surface area (Å²) < 4.78 is 5.82. The quantitative estimate of drug-likeness (QED) is 0.788. The maximum atomic E-state index is 9.29. The summed E-state index contributed by atoms with van der Waals surface area (Å²) >= 11 is 0. The third-order valence-electron chi connectivity index (χ3n) is 3.52. The van der Waals surface area contributed by atoms with Crippen molar-refractivity contribution in [3.05, 3.63) is 53.8 Å². The van der Waals surface area contributed by atoms with Gasteiger partial charge in [-0.3, -0.25) is 0 Å². The van der Waals surface area contributed by atoms with Crippen LogP contribution >= 0.6 is 0 Å². The van der Waals surface area contributed by atoms with Gasteiger partial charge in [0.1, 0.15) is 5.76 Å². The van der Waals surface area contributed by atoms with Crippen LogP contribution in [0.2, 0.25) is 0 Å². The molecule has 0 spiro atoms. The van der Waals surface area contributed by atoms with Crippen molar-refractivity contribution in [2.24, 2.45) is 0 Å². The van der Waals surface area contributed by atoms with Crippen molar-refractivity contribution in [3.63, 3.8) is 0 Å². The lowest BCUT2D eigenvalue weighted by molar-refractivity contribution is 0.548. The first-order valence-electron chi connectivity index (χ1n) is 6.89. The number of nitrogens with zero attached hydrogens (tertiary/aromatic N) is 2. The van der Waals surface area contributed by atoms with Crippen LogP contribution in [0.3, 0.4) is 0 Å². The van der Waals surface area contributed by atoms with Crippen LogP contribution in [0.25, 0.3) is 11.6 Å². The summed E-state index contributed by atoms with van der Waals surface area (Å²) in [5.41, 5.74) is 1.53. The van der Waals surface area contributed by atoms with Crippen molar-refractivity contribution in [1.29, 1.82) is 5.26 Å². The fourth-order valence-electron chi connectivity index (χ4n) is 2.47. The Morgan fingerprint density at radius 1 is 1.10 bits per heavy atom. The van der Waals surface area contributed by atoms with E-state index >= 15 is 0 Å². The highest BCUT2D eigenvalue weighted by Gasteiger charge is 2.15. The molecule has 0 bridgehead atoms. The average molecular weight is 264 g/mol. The van der Waals surface area contributed by atoms with Gasteiger partial charge in [-0.05, 0) is 30.5 Å². The van der Waals surface area contributed by atoms with E-state index in [0.29, 0.717) is 5.57 Å². The molecule has 1 aromatic heterocycles. The minimum absolute atomic E-state index is 0.618. The monoisotopic (exact) mass is 264 g/mol. The Hall–Kier alpha value is -2.47. The number of anilines is 1. The zero-order valence-electron chi connectivity index (χ0n) is 11.2. The van der Waals surface area contributed by atoms with Crippen molar-refractivity contribution in [2.75, 3.05) is 18.0 Å². The van der Waals surface area contributed by atoms with Gasteiger partial charge in [0, 0.05) is 19.2 Å². The predicted molar refractivity (Wildman–Crippen MR) is 80.1 cm³/mol. The van der Waals surface area contributed by atoms with E-state index in [1.54, 1.807) is 6.08 Å². The van der Waals surface area contributed by atoms with Crippen LogP contribution in [0.5, 0.6) is 0 Å². The van der Waals surface area contributed by atoms with Gasteiger partial charge in [-0.1, -0.05) is 30.3 Å². The summed E-state index contributed by atoms with van der Waals surface area (Å²) in [7, 11) is 0. The lowest BCUT2D eigenvalue weighted by Gasteiger charge is -2.12. The topological polar surface area (TPSA) is 40.2 Å². The molecule has 1 saturated heterocycles. The summed E-state index contributed by atoms with van der Waals surface area (Å²) in [5, 5.41) is 9.29. The number of furan rings is 1. The Bertz CT molecular complexity index is 643. The molecule has 3 heteroatoms. The van der Waals surface area contributed by atoms with Gasteiger partial charge in [0.05, 0.1) is 11.6 Å². The SMILES string of the molecule is N#C/C(=C\c1ccc(N2CCCC2)o1)c1ccccc1. The van der Waals surface area contributed by atoms with Crippen molar-refractivity contribution < 1.29 is 4.42 Å². The van der Waals surface area contributed by atoms with Crippen LogP contribution in [0.4, 0.5) is 5.88 Å². The molecule has 0 radical (unpaired) electrons. The van der Waals surface area contributed by atoms with Crippen LogP contribution in [0.1, 0.15) is 24.2 Å². The number of hydrogen-bond donors (Lipinski definition) is 0. The van der Waals surface area contributed by atoms with Gasteiger partial charge in [-0.15, -0.1) is 0 Å².